The highest BCUT2D eigenvalue weighted by atomic mass is 32.2. The van der Waals surface area contributed by atoms with Gasteiger partial charge in [0.1, 0.15) is 0 Å². The van der Waals surface area contributed by atoms with E-state index in [1.54, 1.807) is 32.0 Å². The van der Waals surface area contributed by atoms with Crippen molar-refractivity contribution in [1.29, 1.82) is 0 Å². The fourth-order valence-corrected chi connectivity index (χ4v) is 3.26. The standard InChI is InChI=1S/C11H24N2O3S/c1-10(2)17(15,16)13-7-5-12(6-8-13)9-11(3,4)14/h10,14H,5-9H2,1-4H3. The van der Waals surface area contributed by atoms with Crippen LogP contribution in [-0.2, 0) is 10.0 Å². The summed E-state index contributed by atoms with van der Waals surface area (Å²) in [5.41, 5.74) is -0.723. The average molecular weight is 264 g/mol. The van der Waals surface area contributed by atoms with E-state index in [0.717, 1.165) is 0 Å². The molecule has 6 heteroatoms. The van der Waals surface area contributed by atoms with E-state index in [-0.39, 0.29) is 5.25 Å². The lowest BCUT2D eigenvalue weighted by atomic mass is 10.1. The van der Waals surface area contributed by atoms with Gasteiger partial charge >= 0.3 is 0 Å². The van der Waals surface area contributed by atoms with Crippen LogP contribution in [0, 0.1) is 0 Å². The maximum absolute atomic E-state index is 11.9. The van der Waals surface area contributed by atoms with E-state index in [2.05, 4.69) is 4.90 Å². The first kappa shape index (κ1) is 14.9. The van der Waals surface area contributed by atoms with Crippen molar-refractivity contribution >= 4 is 10.0 Å². The highest BCUT2D eigenvalue weighted by Gasteiger charge is 2.30. The molecule has 1 fully saturated rings. The molecule has 1 heterocycles. The summed E-state index contributed by atoms with van der Waals surface area (Å²) < 4.78 is 25.4. The monoisotopic (exact) mass is 264 g/mol. The largest absolute Gasteiger partial charge is 0.389 e. The number of sulfonamides is 1. The molecule has 17 heavy (non-hydrogen) atoms. The molecule has 0 atom stereocenters. The number of β-amino-alcohol motifs (C(OH)–C–C–N with tert-alkyl or cyclic N) is 1. The van der Waals surface area contributed by atoms with Gasteiger partial charge < -0.3 is 5.11 Å². The Labute approximate surface area is 104 Å². The van der Waals surface area contributed by atoms with Crippen molar-refractivity contribution in [1.82, 2.24) is 9.21 Å². The quantitative estimate of drug-likeness (QED) is 0.783. The lowest BCUT2D eigenvalue weighted by molar-refractivity contribution is 0.0262. The lowest BCUT2D eigenvalue weighted by Gasteiger charge is -2.37. The third kappa shape index (κ3) is 4.21. The van der Waals surface area contributed by atoms with Gasteiger partial charge in [0.15, 0.2) is 0 Å². The van der Waals surface area contributed by atoms with Crippen LogP contribution in [0.4, 0.5) is 0 Å². The van der Waals surface area contributed by atoms with Crippen LogP contribution in [-0.4, -0.2) is 66.3 Å². The summed E-state index contributed by atoms with van der Waals surface area (Å²) >= 11 is 0. The first-order valence-corrected chi connectivity index (χ1v) is 7.57. The normalized spacial score (nSPS) is 21.1. The number of rotatable bonds is 4. The fourth-order valence-electron chi connectivity index (χ4n) is 1.99. The molecule has 0 radical (unpaired) electrons. The van der Waals surface area contributed by atoms with Crippen LogP contribution in [0.15, 0.2) is 0 Å². The van der Waals surface area contributed by atoms with Gasteiger partial charge in [0.2, 0.25) is 10.0 Å². The number of aliphatic hydroxyl groups is 1. The Kier molecular flexibility index (Phi) is 4.57. The Hall–Kier alpha value is -0.170. The minimum Gasteiger partial charge on any atom is -0.389 e. The number of piperazine rings is 1. The van der Waals surface area contributed by atoms with Gasteiger partial charge in [-0.2, -0.15) is 4.31 Å². The third-order valence-electron chi connectivity index (χ3n) is 2.90. The summed E-state index contributed by atoms with van der Waals surface area (Å²) in [4.78, 5) is 2.10. The Bertz CT molecular complexity index is 338. The van der Waals surface area contributed by atoms with Crippen molar-refractivity contribution < 1.29 is 13.5 Å². The molecule has 0 spiro atoms. The second kappa shape index (κ2) is 5.22. The second-order valence-corrected chi connectivity index (χ2v) is 8.07. The average Bonchev–Trinajstić information content (AvgIpc) is 2.15. The topological polar surface area (TPSA) is 60.9 Å². The van der Waals surface area contributed by atoms with Crippen LogP contribution in [0.2, 0.25) is 0 Å². The minimum absolute atomic E-state index is 0.358. The van der Waals surface area contributed by atoms with Crippen LogP contribution in [0.25, 0.3) is 0 Å². The maximum Gasteiger partial charge on any atom is 0.216 e. The molecule has 0 aromatic rings. The van der Waals surface area contributed by atoms with E-state index in [9.17, 15) is 13.5 Å². The van der Waals surface area contributed by atoms with E-state index >= 15 is 0 Å². The molecule has 0 amide bonds. The Morgan fingerprint density at radius 3 is 2.00 bits per heavy atom. The first-order chi connectivity index (χ1) is 7.63. The molecule has 1 aliphatic heterocycles. The summed E-state index contributed by atoms with van der Waals surface area (Å²) in [5, 5.41) is 9.35. The summed E-state index contributed by atoms with van der Waals surface area (Å²) in [5.74, 6) is 0. The second-order valence-electron chi connectivity index (χ2n) is 5.58. The lowest BCUT2D eigenvalue weighted by Crippen LogP contribution is -2.53. The summed E-state index contributed by atoms with van der Waals surface area (Å²) in [7, 11) is -3.12. The first-order valence-electron chi connectivity index (χ1n) is 6.06. The van der Waals surface area contributed by atoms with Crippen molar-refractivity contribution in [3.8, 4) is 0 Å². The minimum atomic E-state index is -3.12. The number of hydrogen-bond acceptors (Lipinski definition) is 4. The van der Waals surface area contributed by atoms with E-state index < -0.39 is 15.6 Å². The summed E-state index contributed by atoms with van der Waals surface area (Å²) in [6.45, 7) is 9.97. The summed E-state index contributed by atoms with van der Waals surface area (Å²) in [6, 6.07) is 0. The van der Waals surface area contributed by atoms with Crippen molar-refractivity contribution in [2.24, 2.45) is 0 Å². The molecule has 0 saturated carbocycles. The molecular formula is C11H24N2O3S. The van der Waals surface area contributed by atoms with Crippen LogP contribution >= 0.6 is 0 Å². The van der Waals surface area contributed by atoms with Gasteiger partial charge in [-0.25, -0.2) is 8.42 Å². The molecule has 1 aliphatic rings. The number of nitrogens with zero attached hydrogens (tertiary/aromatic N) is 2. The van der Waals surface area contributed by atoms with Gasteiger partial charge in [0.25, 0.3) is 0 Å². The van der Waals surface area contributed by atoms with E-state index in [1.165, 1.54) is 0 Å². The zero-order valence-electron chi connectivity index (χ0n) is 11.2. The van der Waals surface area contributed by atoms with E-state index in [1.807, 2.05) is 0 Å². The van der Waals surface area contributed by atoms with Crippen LogP contribution in [0.5, 0.6) is 0 Å². The van der Waals surface area contributed by atoms with Gasteiger partial charge in [-0.15, -0.1) is 0 Å². The van der Waals surface area contributed by atoms with Gasteiger partial charge in [-0.3, -0.25) is 4.90 Å². The molecule has 102 valence electrons. The number of hydrogen-bond donors (Lipinski definition) is 1. The van der Waals surface area contributed by atoms with Crippen molar-refractivity contribution in [3.05, 3.63) is 0 Å². The molecule has 0 aliphatic carbocycles. The van der Waals surface area contributed by atoms with Gasteiger partial charge in [0.05, 0.1) is 10.9 Å². The van der Waals surface area contributed by atoms with E-state index in [4.69, 9.17) is 0 Å². The molecular weight excluding hydrogens is 240 g/mol. The zero-order valence-corrected chi connectivity index (χ0v) is 12.0. The molecule has 0 aromatic heterocycles. The molecule has 0 unspecified atom stereocenters. The van der Waals surface area contributed by atoms with Gasteiger partial charge in [-0.1, -0.05) is 0 Å². The molecule has 1 saturated heterocycles. The highest BCUT2D eigenvalue weighted by Crippen LogP contribution is 2.14. The fraction of sp³-hybridized carbons (Fsp3) is 1.00. The summed E-state index contributed by atoms with van der Waals surface area (Å²) in [6.07, 6.45) is 0. The smallest absolute Gasteiger partial charge is 0.216 e. The molecule has 5 nitrogen and oxygen atoms in total. The van der Waals surface area contributed by atoms with E-state index in [0.29, 0.717) is 32.7 Å². The molecule has 1 rings (SSSR count). The van der Waals surface area contributed by atoms with Crippen molar-refractivity contribution in [3.63, 3.8) is 0 Å². The zero-order chi connectivity index (χ0) is 13.3. The Balaban J connectivity index is 2.52. The maximum atomic E-state index is 11.9. The van der Waals surface area contributed by atoms with Crippen molar-refractivity contribution in [2.45, 2.75) is 38.5 Å². The Morgan fingerprint density at radius 2 is 1.65 bits per heavy atom. The Morgan fingerprint density at radius 1 is 1.18 bits per heavy atom. The predicted octanol–water partition coefficient (Wildman–Crippen LogP) is 0.113. The van der Waals surface area contributed by atoms with Gasteiger partial charge in [-0.05, 0) is 27.7 Å². The highest BCUT2D eigenvalue weighted by molar-refractivity contribution is 7.89. The van der Waals surface area contributed by atoms with Crippen LogP contribution in [0.1, 0.15) is 27.7 Å². The molecule has 0 aromatic carbocycles. The molecule has 0 bridgehead atoms. The van der Waals surface area contributed by atoms with Crippen LogP contribution < -0.4 is 0 Å². The van der Waals surface area contributed by atoms with Crippen molar-refractivity contribution in [2.75, 3.05) is 32.7 Å². The van der Waals surface area contributed by atoms with Gasteiger partial charge in [0, 0.05) is 32.7 Å². The molecule has 1 N–H and O–H groups in total. The van der Waals surface area contributed by atoms with Crippen LogP contribution in [0.3, 0.4) is 0 Å². The predicted molar refractivity (Wildman–Crippen MR) is 68.4 cm³/mol. The third-order valence-corrected chi connectivity index (χ3v) is 5.17. The SMILES string of the molecule is CC(C)S(=O)(=O)N1CCN(CC(C)(C)O)CC1.